The molecule has 0 spiro atoms. The summed E-state index contributed by atoms with van der Waals surface area (Å²) in [5.74, 6) is 1.19. The van der Waals surface area contributed by atoms with Gasteiger partial charge in [-0.3, -0.25) is 0 Å². The molecule has 4 heteroatoms. The second-order valence-corrected chi connectivity index (χ2v) is 4.23. The van der Waals surface area contributed by atoms with Crippen molar-refractivity contribution in [3.8, 4) is 11.5 Å². The maximum absolute atomic E-state index is 9.55. The summed E-state index contributed by atoms with van der Waals surface area (Å²) < 4.78 is 10.5. The Hall–Kier alpha value is -1.26. The molecule has 0 fully saturated rings. The molecule has 0 aromatic heterocycles. The van der Waals surface area contributed by atoms with E-state index in [1.807, 2.05) is 0 Å². The molecular formula is C12H18O4. The van der Waals surface area contributed by atoms with Crippen LogP contribution < -0.4 is 9.47 Å². The van der Waals surface area contributed by atoms with Crippen molar-refractivity contribution in [1.82, 2.24) is 0 Å². The van der Waals surface area contributed by atoms with Crippen LogP contribution in [0.2, 0.25) is 0 Å². The van der Waals surface area contributed by atoms with E-state index >= 15 is 0 Å². The summed E-state index contributed by atoms with van der Waals surface area (Å²) in [6, 6.07) is 5.18. The molecule has 2 N–H and O–H groups in total. The maximum atomic E-state index is 9.55. The molecule has 0 bridgehead atoms. The largest absolute Gasteiger partial charge is 0.497 e. The minimum absolute atomic E-state index is 0.106. The van der Waals surface area contributed by atoms with Crippen molar-refractivity contribution in [1.29, 1.82) is 0 Å². The first-order chi connectivity index (χ1) is 7.46. The summed E-state index contributed by atoms with van der Waals surface area (Å²) in [5.41, 5.74) is -0.236. The van der Waals surface area contributed by atoms with Crippen LogP contribution >= 0.6 is 0 Å². The number of methoxy groups -OCH3 is 1. The first-order valence-electron chi connectivity index (χ1n) is 5.09. The lowest BCUT2D eigenvalue weighted by atomic mass is 10.1. The van der Waals surface area contributed by atoms with Crippen molar-refractivity contribution in [2.75, 3.05) is 13.7 Å². The van der Waals surface area contributed by atoms with Gasteiger partial charge in [0, 0.05) is 11.6 Å². The van der Waals surface area contributed by atoms with Crippen molar-refractivity contribution >= 4 is 0 Å². The molecule has 0 radical (unpaired) electrons. The second kappa shape index (κ2) is 5.18. The minimum Gasteiger partial charge on any atom is -0.497 e. The standard InChI is InChI=1S/C12H18O4/c1-12(2,14)8-16-11-6-10(15-3)5-4-9(11)7-13/h4-6,13-14H,7-8H2,1-3H3. The topological polar surface area (TPSA) is 58.9 Å². The van der Waals surface area contributed by atoms with E-state index in [1.54, 1.807) is 39.2 Å². The van der Waals surface area contributed by atoms with E-state index in [0.717, 1.165) is 0 Å². The van der Waals surface area contributed by atoms with Gasteiger partial charge in [0.05, 0.1) is 19.3 Å². The molecule has 0 aliphatic heterocycles. The average molecular weight is 226 g/mol. The fourth-order valence-corrected chi connectivity index (χ4v) is 1.18. The van der Waals surface area contributed by atoms with Gasteiger partial charge in [0.1, 0.15) is 18.1 Å². The van der Waals surface area contributed by atoms with E-state index in [0.29, 0.717) is 17.1 Å². The average Bonchev–Trinajstić information content (AvgIpc) is 2.25. The Morgan fingerprint density at radius 2 is 2.00 bits per heavy atom. The van der Waals surface area contributed by atoms with E-state index in [1.165, 1.54) is 0 Å². The van der Waals surface area contributed by atoms with Gasteiger partial charge in [-0.2, -0.15) is 0 Å². The molecule has 1 rings (SSSR count). The van der Waals surface area contributed by atoms with Crippen LogP contribution in [0, 0.1) is 0 Å². The van der Waals surface area contributed by atoms with Crippen molar-refractivity contribution in [2.24, 2.45) is 0 Å². The van der Waals surface area contributed by atoms with Gasteiger partial charge < -0.3 is 19.7 Å². The van der Waals surface area contributed by atoms with Crippen LogP contribution in [-0.4, -0.2) is 29.5 Å². The minimum atomic E-state index is -0.907. The van der Waals surface area contributed by atoms with Crippen LogP contribution in [0.5, 0.6) is 11.5 Å². The Labute approximate surface area is 95.4 Å². The number of hydrogen-bond donors (Lipinski definition) is 2. The number of ether oxygens (including phenoxy) is 2. The van der Waals surface area contributed by atoms with Crippen LogP contribution in [0.4, 0.5) is 0 Å². The normalized spacial score (nSPS) is 11.3. The first kappa shape index (κ1) is 12.8. The number of aliphatic hydroxyl groups is 2. The molecule has 0 saturated heterocycles. The molecule has 0 unspecified atom stereocenters. The molecular weight excluding hydrogens is 208 g/mol. The molecule has 0 saturated carbocycles. The van der Waals surface area contributed by atoms with E-state index < -0.39 is 5.60 Å². The third-order valence-electron chi connectivity index (χ3n) is 2.03. The zero-order chi connectivity index (χ0) is 12.2. The zero-order valence-corrected chi connectivity index (χ0v) is 9.86. The zero-order valence-electron chi connectivity index (χ0n) is 9.86. The third kappa shape index (κ3) is 3.72. The van der Waals surface area contributed by atoms with Crippen molar-refractivity contribution in [3.05, 3.63) is 23.8 Å². The van der Waals surface area contributed by atoms with E-state index in [9.17, 15) is 5.11 Å². The van der Waals surface area contributed by atoms with E-state index in [4.69, 9.17) is 14.6 Å². The summed E-state index contributed by atoms with van der Waals surface area (Å²) in [5, 5.41) is 18.7. The predicted molar refractivity (Wildman–Crippen MR) is 60.7 cm³/mol. The quantitative estimate of drug-likeness (QED) is 0.795. The molecule has 90 valence electrons. The highest BCUT2D eigenvalue weighted by Crippen LogP contribution is 2.25. The highest BCUT2D eigenvalue weighted by Gasteiger charge is 2.15. The summed E-state index contributed by atoms with van der Waals surface area (Å²) in [4.78, 5) is 0. The fourth-order valence-electron chi connectivity index (χ4n) is 1.18. The highest BCUT2D eigenvalue weighted by molar-refractivity contribution is 5.40. The SMILES string of the molecule is COc1ccc(CO)c(OCC(C)(C)O)c1. The number of benzene rings is 1. The Kier molecular flexibility index (Phi) is 4.15. The van der Waals surface area contributed by atoms with Gasteiger partial charge >= 0.3 is 0 Å². The lowest BCUT2D eigenvalue weighted by Gasteiger charge is -2.19. The molecule has 0 aliphatic rings. The van der Waals surface area contributed by atoms with Crippen LogP contribution in [0.1, 0.15) is 19.4 Å². The smallest absolute Gasteiger partial charge is 0.128 e. The van der Waals surface area contributed by atoms with E-state index in [2.05, 4.69) is 0 Å². The lowest BCUT2D eigenvalue weighted by molar-refractivity contribution is 0.0276. The van der Waals surface area contributed by atoms with Crippen LogP contribution in [-0.2, 0) is 6.61 Å². The van der Waals surface area contributed by atoms with Crippen LogP contribution in [0.3, 0.4) is 0 Å². The molecule has 1 aromatic carbocycles. The fraction of sp³-hybridized carbons (Fsp3) is 0.500. The number of aliphatic hydroxyl groups excluding tert-OH is 1. The van der Waals surface area contributed by atoms with Crippen molar-refractivity contribution < 1.29 is 19.7 Å². The van der Waals surface area contributed by atoms with Crippen molar-refractivity contribution in [2.45, 2.75) is 26.1 Å². The van der Waals surface area contributed by atoms with Gasteiger partial charge in [0.15, 0.2) is 0 Å². The van der Waals surface area contributed by atoms with Gasteiger partial charge in [0.25, 0.3) is 0 Å². The Bertz CT molecular complexity index is 341. The summed E-state index contributed by atoms with van der Waals surface area (Å²) in [6.07, 6.45) is 0. The van der Waals surface area contributed by atoms with Gasteiger partial charge in [-0.15, -0.1) is 0 Å². The van der Waals surface area contributed by atoms with Crippen LogP contribution in [0.25, 0.3) is 0 Å². The molecule has 0 amide bonds. The summed E-state index contributed by atoms with van der Waals surface area (Å²) in [6.45, 7) is 3.37. The first-order valence-corrected chi connectivity index (χ1v) is 5.09. The molecule has 0 atom stereocenters. The van der Waals surface area contributed by atoms with Gasteiger partial charge in [-0.25, -0.2) is 0 Å². The van der Waals surface area contributed by atoms with E-state index in [-0.39, 0.29) is 13.2 Å². The van der Waals surface area contributed by atoms with Gasteiger partial charge in [-0.1, -0.05) is 0 Å². The Morgan fingerprint density at radius 3 is 2.50 bits per heavy atom. The summed E-state index contributed by atoms with van der Waals surface area (Å²) >= 11 is 0. The van der Waals surface area contributed by atoms with Crippen LogP contribution in [0.15, 0.2) is 18.2 Å². The molecule has 4 nitrogen and oxygen atoms in total. The maximum Gasteiger partial charge on any atom is 0.128 e. The van der Waals surface area contributed by atoms with Crippen molar-refractivity contribution in [3.63, 3.8) is 0 Å². The van der Waals surface area contributed by atoms with Gasteiger partial charge in [-0.05, 0) is 26.0 Å². The predicted octanol–water partition coefficient (Wildman–Crippen LogP) is 1.34. The number of rotatable bonds is 5. The van der Waals surface area contributed by atoms with Gasteiger partial charge in [0.2, 0.25) is 0 Å². The molecule has 0 heterocycles. The third-order valence-corrected chi connectivity index (χ3v) is 2.03. The number of hydrogen-bond acceptors (Lipinski definition) is 4. The Balaban J connectivity index is 2.83. The lowest BCUT2D eigenvalue weighted by Crippen LogP contribution is -2.28. The Morgan fingerprint density at radius 1 is 1.31 bits per heavy atom. The molecule has 0 aliphatic carbocycles. The monoisotopic (exact) mass is 226 g/mol. The molecule has 1 aromatic rings. The summed E-state index contributed by atoms with van der Waals surface area (Å²) in [7, 11) is 1.56. The second-order valence-electron chi connectivity index (χ2n) is 4.23. The highest BCUT2D eigenvalue weighted by atomic mass is 16.5. The molecule has 16 heavy (non-hydrogen) atoms.